The summed E-state index contributed by atoms with van der Waals surface area (Å²) in [5, 5.41) is 11.1. The maximum atomic E-state index is 13.6. The third-order valence-electron chi connectivity index (χ3n) is 10.0. The predicted octanol–water partition coefficient (Wildman–Crippen LogP) is 8.92. The topological polar surface area (TPSA) is 69.5 Å². The van der Waals surface area contributed by atoms with Crippen LogP contribution in [0.3, 0.4) is 0 Å². The van der Waals surface area contributed by atoms with Crippen LogP contribution < -0.4 is 10.6 Å². The van der Waals surface area contributed by atoms with E-state index in [-0.39, 0.29) is 27.0 Å². The Bertz CT molecular complexity index is 2140. The molecule has 0 spiro atoms. The minimum absolute atomic E-state index is 0. The van der Waals surface area contributed by atoms with E-state index >= 15 is 0 Å². The van der Waals surface area contributed by atoms with Crippen LogP contribution in [0.2, 0.25) is 0 Å². The molecule has 3 aliphatic rings. The second-order valence-electron chi connectivity index (χ2n) is 12.8. The molecule has 4 atom stereocenters. The molecule has 0 aliphatic carbocycles. The first-order valence-corrected chi connectivity index (χ1v) is 16.5. The summed E-state index contributed by atoms with van der Waals surface area (Å²) in [5.74, 6) is 0.0361. The van der Waals surface area contributed by atoms with Gasteiger partial charge in [-0.25, -0.2) is 0 Å². The fourth-order valence-corrected chi connectivity index (χ4v) is 8.56. The molecule has 0 saturated carbocycles. The number of hydrogen-bond donors (Lipinski definition) is 2. The van der Waals surface area contributed by atoms with Gasteiger partial charge in [-0.15, -0.1) is 6.58 Å². The molecule has 2 N–H and O–H groups in total. The number of carbonyl (C=O) groups excluding carboxylic acids is 1. The molecular weight excluding hydrogens is 572 g/mol. The van der Waals surface area contributed by atoms with Crippen LogP contribution in [-0.4, -0.2) is 34.8 Å². The van der Waals surface area contributed by atoms with Gasteiger partial charge in [0.2, 0.25) is 0 Å². The number of nitrogens with zero attached hydrogens (tertiary/aromatic N) is 2. The Morgan fingerprint density at radius 3 is 2.43 bits per heavy atom. The fourth-order valence-electron chi connectivity index (χ4n) is 8.56. The van der Waals surface area contributed by atoms with Gasteiger partial charge in [0.25, 0.3) is 5.91 Å². The van der Waals surface area contributed by atoms with Gasteiger partial charge in [-0.1, -0.05) is 68.0 Å². The molecule has 3 aromatic carbocycles. The number of amides is 1. The summed E-state index contributed by atoms with van der Waals surface area (Å²) in [6, 6.07) is 17.0. The van der Waals surface area contributed by atoms with Crippen LogP contribution in [-0.2, 0) is 21.7 Å². The number of aromatic nitrogens is 2. The number of hydrogen-bond acceptors (Lipinski definition) is 4. The zero-order valence-corrected chi connectivity index (χ0v) is 28.0. The molecule has 1 amide bonds. The smallest absolute Gasteiger partial charge is 0.252 e. The molecule has 1 saturated heterocycles. The van der Waals surface area contributed by atoms with E-state index in [9.17, 15) is 4.79 Å². The standard InChI is InChI=1S/C37H38N4O3.C2H6.2H2/c1-7-16-38-32(20(2)3)21(4)17-22-18-28-40-26-14-10-8-12-23(26)30-31-25(19-39-36(31)42)29-24-13-9-11-15-27(24)41(34(29)33(30)40)37(5,44-28)35(22)43-6;1-2;;/h7-15,17,22,28,35,38H,1,16,18-19H2,2-6H3,(H,39,42);1-2H3;2*1H/b21-17+;;;/t22-,28-,35-,37+;;;/m1.../s1. The molecule has 0 unspecified atom stereocenters. The van der Waals surface area contributed by atoms with Gasteiger partial charge in [-0.05, 0) is 51.0 Å². The lowest BCUT2D eigenvalue weighted by Gasteiger charge is -2.48. The van der Waals surface area contributed by atoms with E-state index in [1.54, 1.807) is 7.11 Å². The number of nitrogens with one attached hydrogen (secondary N) is 2. The largest absolute Gasteiger partial charge is 0.381 e. The third-order valence-corrected chi connectivity index (χ3v) is 10.0. The highest BCUT2D eigenvalue weighted by atomic mass is 16.6. The van der Waals surface area contributed by atoms with Crippen molar-refractivity contribution in [3.05, 3.63) is 95.2 Å². The third kappa shape index (κ3) is 4.01. The number of methoxy groups -OCH3 is 1. The molecule has 7 nitrogen and oxygen atoms in total. The number of benzene rings is 3. The van der Waals surface area contributed by atoms with Crippen LogP contribution in [0.1, 0.15) is 73.0 Å². The summed E-state index contributed by atoms with van der Waals surface area (Å²) >= 11 is 0. The minimum Gasteiger partial charge on any atom is -0.381 e. The Morgan fingerprint density at radius 1 is 1.09 bits per heavy atom. The Labute approximate surface area is 273 Å². The van der Waals surface area contributed by atoms with Crippen molar-refractivity contribution in [1.82, 2.24) is 19.8 Å². The number of fused-ring (bicyclic) bond motifs is 13. The van der Waals surface area contributed by atoms with Gasteiger partial charge in [-0.3, -0.25) is 4.79 Å². The summed E-state index contributed by atoms with van der Waals surface area (Å²) in [5.41, 5.74) is 8.90. The molecule has 242 valence electrons. The van der Waals surface area contributed by atoms with Crippen molar-refractivity contribution < 1.29 is 17.1 Å². The monoisotopic (exact) mass is 620 g/mol. The van der Waals surface area contributed by atoms with E-state index in [1.807, 2.05) is 19.9 Å². The zero-order chi connectivity index (χ0) is 32.5. The molecule has 2 aromatic heterocycles. The maximum absolute atomic E-state index is 13.6. The minimum atomic E-state index is -0.836. The van der Waals surface area contributed by atoms with Crippen LogP contribution in [0.15, 0.2) is 84.1 Å². The Morgan fingerprint density at radius 2 is 1.76 bits per heavy atom. The molecule has 0 radical (unpaired) electrons. The van der Waals surface area contributed by atoms with Gasteiger partial charge in [0.05, 0.1) is 27.6 Å². The first-order valence-electron chi connectivity index (χ1n) is 16.5. The van der Waals surface area contributed by atoms with Crippen molar-refractivity contribution in [1.29, 1.82) is 0 Å². The van der Waals surface area contributed by atoms with Crippen LogP contribution in [0.5, 0.6) is 0 Å². The average molecular weight is 621 g/mol. The number of rotatable bonds is 6. The molecule has 5 aromatic rings. The van der Waals surface area contributed by atoms with Crippen molar-refractivity contribution >= 4 is 49.5 Å². The SMILES string of the molecule is C=CCNC(=C(C)C)/C(C)=C/[C@@H]1C[C@H]2O[C@@](C)([C@@H]1OC)n1c3ccccc3c3c4c(c5c6ccccc6n2c5c31)C(=O)NC4.CC.[HH].[HH]. The lowest BCUT2D eigenvalue weighted by atomic mass is 9.85. The summed E-state index contributed by atoms with van der Waals surface area (Å²) in [4.78, 5) is 13.6. The number of carbonyl (C=O) groups is 1. The molecule has 5 heterocycles. The number of allylic oxidation sites excluding steroid dienone is 2. The highest BCUT2D eigenvalue weighted by Crippen LogP contribution is 2.55. The lowest BCUT2D eigenvalue weighted by Crippen LogP contribution is -2.53. The quantitative estimate of drug-likeness (QED) is 0.147. The first-order chi connectivity index (χ1) is 22.3. The van der Waals surface area contributed by atoms with Crippen LogP contribution in [0.4, 0.5) is 0 Å². The first kappa shape index (κ1) is 30.3. The molecule has 1 fully saturated rings. The van der Waals surface area contributed by atoms with Crippen LogP contribution in [0, 0.1) is 5.92 Å². The second kappa shape index (κ2) is 11.2. The van der Waals surface area contributed by atoms with E-state index in [1.165, 1.54) is 11.1 Å². The zero-order valence-electron chi connectivity index (χ0n) is 28.0. The van der Waals surface area contributed by atoms with Gasteiger partial charge in [0.15, 0.2) is 5.72 Å². The second-order valence-corrected chi connectivity index (χ2v) is 12.8. The Balaban J connectivity index is 0.00000111. The summed E-state index contributed by atoms with van der Waals surface area (Å²) in [6.45, 7) is 17.7. The molecule has 2 bridgehead atoms. The van der Waals surface area contributed by atoms with E-state index < -0.39 is 5.72 Å². The lowest BCUT2D eigenvalue weighted by molar-refractivity contribution is -0.260. The molecule has 7 heteroatoms. The van der Waals surface area contributed by atoms with E-state index in [0.29, 0.717) is 13.1 Å². The van der Waals surface area contributed by atoms with Gasteiger partial charge in [-0.2, -0.15) is 0 Å². The van der Waals surface area contributed by atoms with E-state index in [4.69, 9.17) is 9.47 Å². The van der Waals surface area contributed by atoms with Crippen molar-refractivity contribution in [3.63, 3.8) is 0 Å². The van der Waals surface area contributed by atoms with Crippen molar-refractivity contribution in [2.75, 3.05) is 13.7 Å². The average Bonchev–Trinajstić information content (AvgIpc) is 3.69. The Kier molecular flexibility index (Phi) is 7.37. The number of ether oxygens (including phenoxy) is 2. The molecule has 8 rings (SSSR count). The maximum Gasteiger partial charge on any atom is 0.252 e. The van der Waals surface area contributed by atoms with Gasteiger partial charge in [0, 0.05) is 62.6 Å². The van der Waals surface area contributed by atoms with Gasteiger partial charge in [0.1, 0.15) is 12.3 Å². The van der Waals surface area contributed by atoms with Crippen molar-refractivity contribution in [2.45, 2.75) is 72.6 Å². The highest BCUT2D eigenvalue weighted by molar-refractivity contribution is 6.31. The normalized spacial score (nSPS) is 23.3. The number of para-hydroxylation sites is 2. The van der Waals surface area contributed by atoms with Crippen molar-refractivity contribution in [2.24, 2.45) is 5.92 Å². The Hall–Kier alpha value is -4.33. The summed E-state index contributed by atoms with van der Waals surface area (Å²) < 4.78 is 18.5. The molecule has 46 heavy (non-hydrogen) atoms. The van der Waals surface area contributed by atoms with E-state index in [2.05, 4.69) is 109 Å². The van der Waals surface area contributed by atoms with Gasteiger partial charge < -0.3 is 29.2 Å². The van der Waals surface area contributed by atoms with Crippen molar-refractivity contribution in [3.8, 4) is 0 Å². The summed E-state index contributed by atoms with van der Waals surface area (Å²) in [7, 11) is 1.80. The highest BCUT2D eigenvalue weighted by Gasteiger charge is 2.52. The van der Waals surface area contributed by atoms with Crippen LogP contribution >= 0.6 is 0 Å². The van der Waals surface area contributed by atoms with Gasteiger partial charge >= 0.3 is 0 Å². The van der Waals surface area contributed by atoms with Crippen LogP contribution in [0.25, 0.3) is 43.6 Å². The molecular formula is C39H48N4O3. The fraction of sp³-hybridized carbons (Fsp3) is 0.359. The predicted molar refractivity (Wildman–Crippen MR) is 192 cm³/mol. The molecule has 3 aliphatic heterocycles. The van der Waals surface area contributed by atoms with E-state index in [0.717, 1.165) is 66.9 Å². The summed E-state index contributed by atoms with van der Waals surface area (Å²) in [6.07, 6.45) is 4.44.